The van der Waals surface area contributed by atoms with Crippen molar-refractivity contribution in [3.63, 3.8) is 0 Å². The van der Waals surface area contributed by atoms with E-state index in [1.165, 1.54) is 4.57 Å². The van der Waals surface area contributed by atoms with Crippen LogP contribution in [0.5, 0.6) is 0 Å². The number of halogens is 3. The molecule has 1 aliphatic rings. The fraction of sp³-hybridized carbons (Fsp3) is 0.370. The molecule has 1 fully saturated rings. The molecular formula is C27H26F3N9S. The van der Waals surface area contributed by atoms with Gasteiger partial charge in [0, 0.05) is 30.3 Å². The summed E-state index contributed by atoms with van der Waals surface area (Å²) in [5.41, 5.74) is 4.44. The van der Waals surface area contributed by atoms with Gasteiger partial charge in [0.1, 0.15) is 12.2 Å². The third-order valence-corrected chi connectivity index (χ3v) is 7.37. The molecule has 206 valence electrons. The summed E-state index contributed by atoms with van der Waals surface area (Å²) in [6.45, 7) is 6.11. The minimum atomic E-state index is -4.51. The van der Waals surface area contributed by atoms with Crippen molar-refractivity contribution in [1.29, 1.82) is 0 Å². The van der Waals surface area contributed by atoms with Crippen LogP contribution in [0.25, 0.3) is 33.9 Å². The van der Waals surface area contributed by atoms with Crippen molar-refractivity contribution < 1.29 is 13.2 Å². The highest BCUT2D eigenvalue weighted by Crippen LogP contribution is 2.43. The molecule has 0 radical (unpaired) electrons. The summed E-state index contributed by atoms with van der Waals surface area (Å²) >= 11 is 1.07. The van der Waals surface area contributed by atoms with Gasteiger partial charge in [-0.15, -0.1) is 0 Å². The average molecular weight is 566 g/mol. The van der Waals surface area contributed by atoms with E-state index in [0.717, 1.165) is 59.7 Å². The molecule has 0 saturated heterocycles. The number of hydrogen-bond donors (Lipinski definition) is 1. The predicted octanol–water partition coefficient (Wildman–Crippen LogP) is 6.45. The molecule has 13 heteroatoms. The Hall–Kier alpha value is -4.00. The first-order chi connectivity index (χ1) is 19.2. The lowest BCUT2D eigenvalue weighted by Crippen LogP contribution is -2.07. The summed E-state index contributed by atoms with van der Waals surface area (Å²) in [5.74, 6) is 1.75. The van der Waals surface area contributed by atoms with E-state index in [1.807, 2.05) is 32.9 Å². The molecule has 0 bridgehead atoms. The third-order valence-electron chi connectivity index (χ3n) is 6.85. The lowest BCUT2D eigenvalue weighted by molar-refractivity contribution is -0.140. The van der Waals surface area contributed by atoms with Crippen LogP contribution in [0, 0.1) is 0 Å². The third kappa shape index (κ3) is 5.01. The summed E-state index contributed by atoms with van der Waals surface area (Å²) in [5, 5.41) is 3.36. The quantitative estimate of drug-likeness (QED) is 0.229. The molecule has 1 N–H and O–H groups in total. The Kier molecular flexibility index (Phi) is 6.69. The van der Waals surface area contributed by atoms with Crippen molar-refractivity contribution in [1.82, 2.24) is 38.2 Å². The maximum absolute atomic E-state index is 13.3. The molecule has 1 aliphatic carbocycles. The first kappa shape index (κ1) is 26.2. The highest BCUT2D eigenvalue weighted by Gasteiger charge is 2.35. The van der Waals surface area contributed by atoms with Gasteiger partial charge in [0.15, 0.2) is 28.5 Å². The van der Waals surface area contributed by atoms with Gasteiger partial charge in [-0.05, 0) is 38.7 Å². The molecule has 0 spiro atoms. The largest absolute Gasteiger partial charge is 0.434 e. The smallest absolute Gasteiger partial charge is 0.364 e. The van der Waals surface area contributed by atoms with E-state index < -0.39 is 11.9 Å². The summed E-state index contributed by atoms with van der Waals surface area (Å²) in [7, 11) is 0. The number of fused-ring (bicyclic) bond motifs is 1. The van der Waals surface area contributed by atoms with E-state index in [2.05, 4.69) is 29.0 Å². The molecular weight excluding hydrogens is 539 g/mol. The lowest BCUT2D eigenvalue weighted by Gasteiger charge is -2.13. The van der Waals surface area contributed by atoms with E-state index >= 15 is 0 Å². The van der Waals surface area contributed by atoms with Gasteiger partial charge in [-0.2, -0.15) is 21.9 Å². The number of nitrogens with one attached hydrogen (secondary N) is 1. The van der Waals surface area contributed by atoms with E-state index in [9.17, 15) is 13.2 Å². The molecule has 0 amide bonds. The average Bonchev–Trinajstić information content (AvgIpc) is 3.48. The van der Waals surface area contributed by atoms with Gasteiger partial charge in [0.2, 0.25) is 0 Å². The molecule has 1 aromatic carbocycles. The summed E-state index contributed by atoms with van der Waals surface area (Å²) < 4.78 is 50.2. The Morgan fingerprint density at radius 2 is 1.82 bits per heavy atom. The van der Waals surface area contributed by atoms with Crippen LogP contribution in [0.3, 0.4) is 0 Å². The summed E-state index contributed by atoms with van der Waals surface area (Å²) in [6.07, 6.45) is 1.06. The van der Waals surface area contributed by atoms with E-state index in [-0.39, 0.29) is 11.9 Å². The molecule has 6 rings (SSSR count). The standard InChI is InChI=1S/C27H26F3N9S/c1-4-18-20(21(16-9-10-16)33-13-32-18)23-35-24(22-25(36-23)38-40-37-22)31-11-15-5-7-17(8-6-15)26-34-19(27(28,29)30)12-39(26)14(2)3/h5-8,12-14,16H,4,9-11H2,1-3H3,(H,31,35,36,38). The van der Waals surface area contributed by atoms with E-state index in [4.69, 9.17) is 9.97 Å². The highest BCUT2D eigenvalue weighted by atomic mass is 32.1. The molecule has 4 aromatic heterocycles. The fourth-order valence-electron chi connectivity index (χ4n) is 4.64. The lowest BCUT2D eigenvalue weighted by atomic mass is 10.1. The van der Waals surface area contributed by atoms with Crippen molar-refractivity contribution >= 4 is 28.7 Å². The van der Waals surface area contributed by atoms with E-state index in [1.54, 1.807) is 18.5 Å². The Bertz CT molecular complexity index is 1670. The van der Waals surface area contributed by atoms with Gasteiger partial charge in [0.05, 0.1) is 28.7 Å². The molecule has 9 nitrogen and oxygen atoms in total. The van der Waals surface area contributed by atoms with Crippen molar-refractivity contribution in [2.45, 2.75) is 64.7 Å². The molecule has 1 saturated carbocycles. The van der Waals surface area contributed by atoms with Crippen LogP contribution in [-0.2, 0) is 19.1 Å². The second-order valence-corrected chi connectivity index (χ2v) is 10.6. The molecule has 5 aromatic rings. The van der Waals surface area contributed by atoms with Crippen LogP contribution in [0.15, 0.2) is 36.8 Å². The Balaban J connectivity index is 1.29. The highest BCUT2D eigenvalue weighted by molar-refractivity contribution is 7.00. The number of aromatic nitrogens is 8. The molecule has 0 unspecified atom stereocenters. The summed E-state index contributed by atoms with van der Waals surface area (Å²) in [6, 6.07) is 7.10. The van der Waals surface area contributed by atoms with Gasteiger partial charge in [0.25, 0.3) is 0 Å². The van der Waals surface area contributed by atoms with Crippen LogP contribution in [0.4, 0.5) is 19.0 Å². The number of anilines is 1. The zero-order valence-electron chi connectivity index (χ0n) is 22.1. The van der Waals surface area contributed by atoms with Crippen molar-refractivity contribution in [3.8, 4) is 22.8 Å². The number of aryl methyl sites for hydroxylation is 1. The zero-order valence-corrected chi connectivity index (χ0v) is 22.9. The van der Waals surface area contributed by atoms with Gasteiger partial charge in [-0.1, -0.05) is 31.2 Å². The van der Waals surface area contributed by atoms with Crippen LogP contribution in [0.2, 0.25) is 0 Å². The normalized spacial score (nSPS) is 13.9. The molecule has 0 atom stereocenters. The van der Waals surface area contributed by atoms with Crippen LogP contribution < -0.4 is 5.32 Å². The van der Waals surface area contributed by atoms with E-state index in [0.29, 0.717) is 40.8 Å². The number of imidazole rings is 1. The second kappa shape index (κ2) is 10.2. The Morgan fingerprint density at radius 1 is 1.05 bits per heavy atom. The Morgan fingerprint density at radius 3 is 2.50 bits per heavy atom. The van der Waals surface area contributed by atoms with Crippen molar-refractivity contribution in [2.24, 2.45) is 0 Å². The summed E-state index contributed by atoms with van der Waals surface area (Å²) in [4.78, 5) is 22.5. The van der Waals surface area contributed by atoms with Crippen LogP contribution in [0.1, 0.15) is 68.2 Å². The topological polar surface area (TPSA) is 107 Å². The van der Waals surface area contributed by atoms with Gasteiger partial charge in [-0.3, -0.25) is 0 Å². The monoisotopic (exact) mass is 565 g/mol. The maximum Gasteiger partial charge on any atom is 0.434 e. The molecule has 4 heterocycles. The number of rotatable bonds is 8. The fourth-order valence-corrected chi connectivity index (χ4v) is 5.13. The van der Waals surface area contributed by atoms with Crippen molar-refractivity contribution in [2.75, 3.05) is 5.32 Å². The Labute approximate surface area is 232 Å². The van der Waals surface area contributed by atoms with Gasteiger partial charge >= 0.3 is 6.18 Å². The molecule has 0 aliphatic heterocycles. The minimum absolute atomic E-state index is 0.176. The predicted molar refractivity (Wildman–Crippen MR) is 146 cm³/mol. The number of hydrogen-bond acceptors (Lipinski definition) is 9. The number of benzene rings is 1. The van der Waals surface area contributed by atoms with Crippen molar-refractivity contribution in [3.05, 3.63) is 59.4 Å². The zero-order chi connectivity index (χ0) is 28.0. The van der Waals surface area contributed by atoms with Gasteiger partial charge in [-0.25, -0.2) is 24.9 Å². The van der Waals surface area contributed by atoms with Crippen LogP contribution in [-0.4, -0.2) is 38.2 Å². The van der Waals surface area contributed by atoms with Crippen LogP contribution >= 0.6 is 11.7 Å². The maximum atomic E-state index is 13.3. The number of nitrogens with zero attached hydrogens (tertiary/aromatic N) is 8. The first-order valence-electron chi connectivity index (χ1n) is 13.1. The number of alkyl halides is 3. The SMILES string of the molecule is CCc1ncnc(C2CC2)c1-c1nc(NCc2ccc(-c3nc(C(F)(F)F)cn3C(C)C)cc2)c2nsnc2n1. The second-order valence-electron chi connectivity index (χ2n) is 10.0. The first-order valence-corrected chi connectivity index (χ1v) is 13.8. The molecule has 40 heavy (non-hydrogen) atoms. The van der Waals surface area contributed by atoms with Gasteiger partial charge < -0.3 is 9.88 Å². The minimum Gasteiger partial charge on any atom is -0.364 e.